The molecule has 1 aromatic carbocycles. The molecule has 144 valence electrons. The van der Waals surface area contributed by atoms with Gasteiger partial charge in [0.2, 0.25) is 11.8 Å². The smallest absolute Gasteiger partial charge is 0.226 e. The zero-order chi connectivity index (χ0) is 20.3. The SMILES string of the molecule is CCC(=O)N(C)c1ccc(-c2ccc(C(=O)Cc3ncc(C)o3)nc2)c(C)c1. The fourth-order valence-corrected chi connectivity index (χ4v) is 2.99. The van der Waals surface area contributed by atoms with Crippen molar-refractivity contribution in [2.24, 2.45) is 0 Å². The highest BCUT2D eigenvalue weighted by Gasteiger charge is 2.14. The van der Waals surface area contributed by atoms with Crippen LogP contribution in [0, 0.1) is 13.8 Å². The molecule has 0 aliphatic heterocycles. The number of anilines is 1. The van der Waals surface area contributed by atoms with Crippen LogP contribution in [0.15, 0.2) is 47.1 Å². The maximum absolute atomic E-state index is 12.4. The minimum Gasteiger partial charge on any atom is -0.446 e. The van der Waals surface area contributed by atoms with Gasteiger partial charge in [0.15, 0.2) is 5.78 Å². The number of pyridine rings is 1. The predicted octanol–water partition coefficient (Wildman–Crippen LogP) is 4.15. The first kappa shape index (κ1) is 19.5. The van der Waals surface area contributed by atoms with Gasteiger partial charge in [-0.1, -0.05) is 19.1 Å². The lowest BCUT2D eigenvalue weighted by Crippen LogP contribution is -2.25. The summed E-state index contributed by atoms with van der Waals surface area (Å²) in [6.45, 7) is 5.63. The third kappa shape index (κ3) is 4.17. The third-order valence-corrected chi connectivity index (χ3v) is 4.61. The molecule has 28 heavy (non-hydrogen) atoms. The highest BCUT2D eigenvalue weighted by molar-refractivity contribution is 5.95. The Kier molecular flexibility index (Phi) is 5.68. The number of amides is 1. The maximum atomic E-state index is 12.4. The van der Waals surface area contributed by atoms with Crippen LogP contribution in [0.25, 0.3) is 11.1 Å². The summed E-state index contributed by atoms with van der Waals surface area (Å²) in [5, 5.41) is 0. The number of benzene rings is 1. The highest BCUT2D eigenvalue weighted by atomic mass is 16.4. The molecule has 1 amide bonds. The van der Waals surface area contributed by atoms with E-state index in [9.17, 15) is 9.59 Å². The van der Waals surface area contributed by atoms with Gasteiger partial charge in [-0.15, -0.1) is 0 Å². The van der Waals surface area contributed by atoms with Crippen LogP contribution < -0.4 is 4.90 Å². The Balaban J connectivity index is 1.77. The zero-order valence-corrected chi connectivity index (χ0v) is 16.5. The van der Waals surface area contributed by atoms with Crippen LogP contribution in [0.1, 0.15) is 41.0 Å². The van der Waals surface area contributed by atoms with Crippen molar-refractivity contribution in [2.45, 2.75) is 33.6 Å². The van der Waals surface area contributed by atoms with E-state index in [0.29, 0.717) is 23.8 Å². The van der Waals surface area contributed by atoms with Gasteiger partial charge in [0.05, 0.1) is 12.6 Å². The van der Waals surface area contributed by atoms with Crippen molar-refractivity contribution in [2.75, 3.05) is 11.9 Å². The summed E-state index contributed by atoms with van der Waals surface area (Å²) < 4.78 is 5.35. The molecule has 0 saturated heterocycles. The Morgan fingerprint density at radius 1 is 1.07 bits per heavy atom. The molecule has 0 aliphatic carbocycles. The number of ketones is 1. The molecule has 0 fully saturated rings. The van der Waals surface area contributed by atoms with Crippen molar-refractivity contribution in [3.8, 4) is 11.1 Å². The summed E-state index contributed by atoms with van der Waals surface area (Å²) in [6.07, 6.45) is 3.84. The van der Waals surface area contributed by atoms with E-state index in [1.165, 1.54) is 0 Å². The van der Waals surface area contributed by atoms with Crippen LogP contribution in [0.2, 0.25) is 0 Å². The van der Waals surface area contributed by atoms with Crippen LogP contribution >= 0.6 is 0 Å². The third-order valence-electron chi connectivity index (χ3n) is 4.61. The van der Waals surface area contributed by atoms with Crippen molar-refractivity contribution in [1.82, 2.24) is 9.97 Å². The van der Waals surface area contributed by atoms with Gasteiger partial charge in [0, 0.05) is 30.9 Å². The van der Waals surface area contributed by atoms with E-state index in [-0.39, 0.29) is 18.1 Å². The molecule has 0 spiro atoms. The molecule has 0 atom stereocenters. The molecule has 0 saturated carbocycles. The first-order valence-electron chi connectivity index (χ1n) is 9.17. The number of hydrogen-bond donors (Lipinski definition) is 0. The number of oxazole rings is 1. The second kappa shape index (κ2) is 8.17. The minimum absolute atomic E-state index is 0.0675. The average molecular weight is 377 g/mol. The number of nitrogens with zero attached hydrogens (tertiary/aromatic N) is 3. The monoisotopic (exact) mass is 377 g/mol. The van der Waals surface area contributed by atoms with E-state index in [1.54, 1.807) is 37.3 Å². The molecular weight excluding hydrogens is 354 g/mol. The summed E-state index contributed by atoms with van der Waals surface area (Å²) >= 11 is 0. The van der Waals surface area contributed by atoms with Gasteiger partial charge in [-0.05, 0) is 43.2 Å². The summed E-state index contributed by atoms with van der Waals surface area (Å²) in [5.74, 6) is 1.000. The van der Waals surface area contributed by atoms with Crippen LogP contribution in [0.4, 0.5) is 5.69 Å². The maximum Gasteiger partial charge on any atom is 0.226 e. The van der Waals surface area contributed by atoms with E-state index >= 15 is 0 Å². The molecule has 0 unspecified atom stereocenters. The van der Waals surface area contributed by atoms with Crippen LogP contribution in [-0.4, -0.2) is 28.7 Å². The van der Waals surface area contributed by atoms with E-state index < -0.39 is 0 Å². The van der Waals surface area contributed by atoms with Gasteiger partial charge in [-0.2, -0.15) is 0 Å². The van der Waals surface area contributed by atoms with Crippen molar-refractivity contribution >= 4 is 17.4 Å². The minimum atomic E-state index is -0.139. The molecule has 3 aromatic rings. The summed E-state index contributed by atoms with van der Waals surface area (Å²) in [6, 6.07) is 9.46. The average Bonchev–Trinajstić information content (AvgIpc) is 3.11. The first-order chi connectivity index (χ1) is 13.4. The Labute approximate surface area is 164 Å². The van der Waals surface area contributed by atoms with Gasteiger partial charge in [0.25, 0.3) is 0 Å². The standard InChI is InChI=1S/C22H23N3O3/c1-5-22(27)25(4)17-7-8-18(14(2)10-17)16-6-9-19(23-13-16)20(26)11-21-24-12-15(3)28-21/h6-10,12-13H,5,11H2,1-4H3. The number of rotatable bonds is 6. The lowest BCUT2D eigenvalue weighted by molar-refractivity contribution is -0.118. The number of aryl methyl sites for hydroxylation is 2. The van der Waals surface area contributed by atoms with Crippen molar-refractivity contribution in [1.29, 1.82) is 0 Å². The van der Waals surface area contributed by atoms with Gasteiger partial charge >= 0.3 is 0 Å². The van der Waals surface area contributed by atoms with E-state index in [1.807, 2.05) is 38.1 Å². The fourth-order valence-electron chi connectivity index (χ4n) is 2.99. The van der Waals surface area contributed by atoms with Crippen LogP contribution in [0.3, 0.4) is 0 Å². The van der Waals surface area contributed by atoms with Gasteiger partial charge in [-0.3, -0.25) is 14.6 Å². The second-order valence-electron chi connectivity index (χ2n) is 6.70. The van der Waals surface area contributed by atoms with E-state index in [4.69, 9.17) is 4.42 Å². The molecular formula is C22H23N3O3. The Morgan fingerprint density at radius 3 is 2.43 bits per heavy atom. The van der Waals surface area contributed by atoms with Crippen molar-refractivity contribution in [3.63, 3.8) is 0 Å². The molecule has 6 heteroatoms. The Hall–Kier alpha value is -3.28. The van der Waals surface area contributed by atoms with Crippen LogP contribution in [0.5, 0.6) is 0 Å². The second-order valence-corrected chi connectivity index (χ2v) is 6.70. The summed E-state index contributed by atoms with van der Waals surface area (Å²) in [7, 11) is 1.78. The number of carbonyl (C=O) groups is 2. The van der Waals surface area contributed by atoms with Crippen LogP contribution in [-0.2, 0) is 11.2 Å². The van der Waals surface area contributed by atoms with Gasteiger partial charge in [-0.25, -0.2) is 4.98 Å². The molecule has 0 radical (unpaired) electrons. The summed E-state index contributed by atoms with van der Waals surface area (Å²) in [4.78, 5) is 34.3. The Morgan fingerprint density at radius 2 is 1.86 bits per heavy atom. The molecule has 2 aromatic heterocycles. The number of Topliss-reactive ketones (excluding diaryl/α,β-unsaturated/α-hetero) is 1. The molecule has 2 heterocycles. The number of carbonyl (C=O) groups excluding carboxylic acids is 2. The fraction of sp³-hybridized carbons (Fsp3) is 0.273. The van der Waals surface area contributed by atoms with Gasteiger partial charge < -0.3 is 9.32 Å². The molecule has 0 bridgehead atoms. The van der Waals surface area contributed by atoms with Gasteiger partial charge in [0.1, 0.15) is 11.5 Å². The summed E-state index contributed by atoms with van der Waals surface area (Å²) in [5.41, 5.74) is 4.19. The number of hydrogen-bond acceptors (Lipinski definition) is 5. The molecule has 0 aliphatic rings. The largest absolute Gasteiger partial charge is 0.446 e. The van der Waals surface area contributed by atoms with E-state index in [0.717, 1.165) is 22.4 Å². The quantitative estimate of drug-likeness (QED) is 0.603. The molecule has 6 nitrogen and oxygen atoms in total. The highest BCUT2D eigenvalue weighted by Crippen LogP contribution is 2.27. The first-order valence-corrected chi connectivity index (χ1v) is 9.17. The lowest BCUT2D eigenvalue weighted by atomic mass is 10.0. The lowest BCUT2D eigenvalue weighted by Gasteiger charge is -2.18. The topological polar surface area (TPSA) is 76.3 Å². The molecule has 3 rings (SSSR count). The normalized spacial score (nSPS) is 10.7. The molecule has 0 N–H and O–H groups in total. The van der Waals surface area contributed by atoms with Crippen molar-refractivity contribution in [3.05, 3.63) is 65.6 Å². The van der Waals surface area contributed by atoms with Crippen molar-refractivity contribution < 1.29 is 14.0 Å². The zero-order valence-electron chi connectivity index (χ0n) is 16.5. The predicted molar refractivity (Wildman–Crippen MR) is 107 cm³/mol. The number of aromatic nitrogens is 2. The Bertz CT molecular complexity index is 1010. The van der Waals surface area contributed by atoms with E-state index in [2.05, 4.69) is 9.97 Å².